The standard InChI is InChI=1S/C126H114BN5/c1-121(2,3)91-48-62-110-107(69-91)106-59-47-96(126(16,17)18)74-115(106)130(110)99-53-60-108-116(75-99)128(97-49-39-83(40-50-97)89-65-85(79-31-23-19-24-32-79)63-86(66-89)80-33-25-20-26-34-80)118-77-101(132-113-72-94(124(10,11)12)45-57-104(113)105-58-46-95(73-114(105)132)125(13,14)15)78-119-120(118)127(108)109-61-54-100(131-111-70-92(122(4,5)6)43-55-102(111)103-56-44-93(71-112(103)131)123(7,8)9)76-117(109)129(119)98-51-41-84(42-52-98)90-67-87(81-35-27-21-28-36-81)64-88(68-90)82-37-29-22-30-38-82/h19-78H,1-18H3. The van der Waals surface area contributed by atoms with Crippen molar-refractivity contribution in [2.45, 2.75) is 157 Å². The molecule has 0 radical (unpaired) electrons. The zero-order valence-corrected chi connectivity index (χ0v) is 79.5. The normalized spacial score (nSPS) is 13.2. The van der Waals surface area contributed by atoms with Crippen LogP contribution in [0.4, 0.5) is 34.1 Å². The average Bonchev–Trinajstić information content (AvgIpc) is 1.02. The van der Waals surface area contributed by atoms with Gasteiger partial charge in [0.2, 0.25) is 0 Å². The van der Waals surface area contributed by atoms with E-state index in [2.05, 4.69) is 512 Å². The SMILES string of the molecule is CC(C)(C)c1ccc2c(c1)c1ccc(C(C)(C)C)cc1n2-c1ccc2c(c1)N(c1ccc(-c3cc(-c4ccccc4)cc(-c4ccccc4)c3)cc1)c1cc(-n3c4cc(C(C)(C)C)ccc4c4ccc(C(C)(C)C)cc43)cc3c1B2c1ccc(-n2c4cc(C(C)(C)C)ccc4c4ccc(C(C)(C)C)cc42)cc1N3c1ccc(-c2cc(-c3ccccc3)cc(-c3ccccc3)c2)cc1. The number of hydrogen-bond acceptors (Lipinski definition) is 2. The Hall–Kier alpha value is -14.2. The molecule has 0 amide bonds. The summed E-state index contributed by atoms with van der Waals surface area (Å²) >= 11 is 0. The lowest BCUT2D eigenvalue weighted by Crippen LogP contribution is -2.61. The van der Waals surface area contributed by atoms with Crippen LogP contribution in [0.25, 0.3) is 149 Å². The van der Waals surface area contributed by atoms with Crippen LogP contribution in [0.1, 0.15) is 158 Å². The second-order valence-corrected chi connectivity index (χ2v) is 43.5. The van der Waals surface area contributed by atoms with Gasteiger partial charge in [0.25, 0.3) is 6.71 Å². The minimum atomic E-state index is -0.284. The minimum absolute atomic E-state index is 0.0769. The molecule has 2 aliphatic heterocycles. The number of anilines is 6. The van der Waals surface area contributed by atoms with E-state index in [1.54, 1.807) is 0 Å². The number of fused-ring (bicyclic) bond motifs is 13. The van der Waals surface area contributed by atoms with Gasteiger partial charge in [0.05, 0.1) is 38.8 Å². The van der Waals surface area contributed by atoms with Gasteiger partial charge in [0.1, 0.15) is 0 Å². The molecule has 22 rings (SSSR count). The molecule has 0 saturated heterocycles. The molecule has 2 aliphatic rings. The Bertz CT molecular complexity index is 7730. The van der Waals surface area contributed by atoms with Crippen molar-refractivity contribution < 1.29 is 0 Å². The van der Waals surface area contributed by atoms with Crippen molar-refractivity contribution in [2.75, 3.05) is 9.80 Å². The summed E-state index contributed by atoms with van der Waals surface area (Å²) in [6, 6.07) is 141. The van der Waals surface area contributed by atoms with Gasteiger partial charge in [-0.25, -0.2) is 0 Å². The summed E-state index contributed by atoms with van der Waals surface area (Å²) in [5.74, 6) is 0. The largest absolute Gasteiger partial charge is 0.311 e. The Labute approximate surface area is 779 Å². The Balaban J connectivity index is 0.869. The van der Waals surface area contributed by atoms with E-state index in [1.807, 2.05) is 0 Å². The Morgan fingerprint density at radius 2 is 0.402 bits per heavy atom. The summed E-state index contributed by atoms with van der Waals surface area (Å²) in [4.78, 5) is 5.34. The van der Waals surface area contributed by atoms with Crippen LogP contribution in [-0.4, -0.2) is 20.4 Å². The third-order valence-electron chi connectivity index (χ3n) is 28.5. The molecule has 3 aromatic heterocycles. The second-order valence-electron chi connectivity index (χ2n) is 43.5. The smallest absolute Gasteiger partial charge is 0.252 e. The molecular weight excluding hydrogens is 1590 g/mol. The van der Waals surface area contributed by atoms with Crippen molar-refractivity contribution in [2.24, 2.45) is 0 Å². The van der Waals surface area contributed by atoms with E-state index in [1.165, 1.54) is 160 Å². The molecule has 0 atom stereocenters. The summed E-state index contributed by atoms with van der Waals surface area (Å²) in [6.45, 7) is 42.0. The first-order valence-corrected chi connectivity index (χ1v) is 47.3. The van der Waals surface area contributed by atoms with E-state index in [0.717, 1.165) is 73.4 Å². The van der Waals surface area contributed by atoms with Gasteiger partial charge in [-0.05, 0) is 289 Å². The van der Waals surface area contributed by atoms with Crippen LogP contribution in [-0.2, 0) is 32.5 Å². The zero-order chi connectivity index (χ0) is 91.1. The summed E-state index contributed by atoms with van der Waals surface area (Å²) in [6.07, 6.45) is 0. The lowest BCUT2D eigenvalue weighted by atomic mass is 9.33. The van der Waals surface area contributed by atoms with Gasteiger partial charge in [0, 0.05) is 77.8 Å². The van der Waals surface area contributed by atoms with Crippen molar-refractivity contribution in [3.05, 3.63) is 397 Å². The maximum Gasteiger partial charge on any atom is 0.252 e. The molecule has 6 heteroatoms. The summed E-state index contributed by atoms with van der Waals surface area (Å²) in [7, 11) is 0. The van der Waals surface area contributed by atoms with Crippen molar-refractivity contribution in [1.29, 1.82) is 0 Å². The van der Waals surface area contributed by atoms with E-state index in [4.69, 9.17) is 0 Å². The van der Waals surface area contributed by atoms with E-state index in [-0.39, 0.29) is 39.2 Å². The van der Waals surface area contributed by atoms with Gasteiger partial charge < -0.3 is 23.5 Å². The highest BCUT2D eigenvalue weighted by Crippen LogP contribution is 2.52. The first kappa shape index (κ1) is 83.4. The van der Waals surface area contributed by atoms with Crippen LogP contribution in [0.15, 0.2) is 364 Å². The number of rotatable bonds is 11. The second kappa shape index (κ2) is 30.7. The fourth-order valence-electron chi connectivity index (χ4n) is 21.0. The predicted molar refractivity (Wildman–Crippen MR) is 568 cm³/mol. The first-order valence-electron chi connectivity index (χ1n) is 47.3. The third-order valence-corrected chi connectivity index (χ3v) is 28.5. The van der Waals surface area contributed by atoms with Crippen LogP contribution in [0.2, 0.25) is 0 Å². The molecule has 132 heavy (non-hydrogen) atoms. The lowest BCUT2D eigenvalue weighted by Gasteiger charge is -2.44. The minimum Gasteiger partial charge on any atom is -0.311 e. The van der Waals surface area contributed by atoms with Gasteiger partial charge >= 0.3 is 0 Å². The predicted octanol–water partition coefficient (Wildman–Crippen LogP) is 32.8. The molecule has 646 valence electrons. The summed E-state index contributed by atoms with van der Waals surface area (Å²) < 4.78 is 7.83. The van der Waals surface area contributed by atoms with Crippen LogP contribution in [0.5, 0.6) is 0 Å². The topological polar surface area (TPSA) is 21.3 Å². The molecule has 0 fully saturated rings. The molecule has 0 N–H and O–H groups in total. The van der Waals surface area contributed by atoms with Gasteiger partial charge in [-0.3, -0.25) is 0 Å². The maximum atomic E-state index is 2.67. The molecule has 0 spiro atoms. The zero-order valence-electron chi connectivity index (χ0n) is 79.5. The van der Waals surface area contributed by atoms with Crippen molar-refractivity contribution in [3.63, 3.8) is 0 Å². The monoisotopic (exact) mass is 1710 g/mol. The highest BCUT2D eigenvalue weighted by atomic mass is 15.2. The first-order chi connectivity index (χ1) is 63.2. The molecule has 0 saturated carbocycles. The van der Waals surface area contributed by atoms with Crippen LogP contribution < -0.4 is 26.2 Å². The maximum absolute atomic E-state index is 2.67. The van der Waals surface area contributed by atoms with Crippen molar-refractivity contribution in [1.82, 2.24) is 13.7 Å². The third kappa shape index (κ3) is 14.4. The fourth-order valence-corrected chi connectivity index (χ4v) is 21.0. The van der Waals surface area contributed by atoms with Crippen molar-refractivity contribution >= 4 is 123 Å². The molecule has 17 aromatic carbocycles. The van der Waals surface area contributed by atoms with E-state index in [9.17, 15) is 0 Å². The Kier molecular flexibility index (Phi) is 19.4. The summed E-state index contributed by atoms with van der Waals surface area (Å²) in [5, 5.41) is 7.40. The number of aromatic nitrogens is 3. The van der Waals surface area contributed by atoms with E-state index < -0.39 is 0 Å². The highest BCUT2D eigenvalue weighted by Gasteiger charge is 2.45. The number of nitrogens with zero attached hydrogens (tertiary/aromatic N) is 5. The fraction of sp³-hybridized carbons (Fsp3) is 0.190. The quantitative estimate of drug-likeness (QED) is 0.120. The van der Waals surface area contributed by atoms with Gasteiger partial charge in [0.15, 0.2) is 0 Å². The Morgan fingerprint density at radius 1 is 0.167 bits per heavy atom. The molecule has 0 bridgehead atoms. The molecule has 5 heterocycles. The lowest BCUT2D eigenvalue weighted by molar-refractivity contribution is 0.590. The molecule has 0 unspecified atom stereocenters. The Morgan fingerprint density at radius 3 is 0.689 bits per heavy atom. The van der Waals surface area contributed by atoms with Crippen LogP contribution >= 0.6 is 0 Å². The number of hydrogen-bond donors (Lipinski definition) is 0. The molecule has 5 nitrogen and oxygen atoms in total. The van der Waals surface area contributed by atoms with Gasteiger partial charge in [-0.2, -0.15) is 0 Å². The van der Waals surface area contributed by atoms with E-state index >= 15 is 0 Å². The molecular formula is C126H114BN5. The molecule has 20 aromatic rings. The molecule has 0 aliphatic carbocycles. The van der Waals surface area contributed by atoms with Crippen LogP contribution in [0.3, 0.4) is 0 Å². The van der Waals surface area contributed by atoms with Gasteiger partial charge in [-0.15, -0.1) is 0 Å². The number of benzene rings is 17. The van der Waals surface area contributed by atoms with Crippen LogP contribution in [0, 0.1) is 0 Å². The van der Waals surface area contributed by atoms with Gasteiger partial charge in [-0.1, -0.05) is 349 Å². The average molecular weight is 1710 g/mol. The highest BCUT2D eigenvalue weighted by molar-refractivity contribution is 7.00. The summed E-state index contributed by atoms with van der Waals surface area (Å²) in [5.41, 5.74) is 41.5. The van der Waals surface area contributed by atoms with E-state index in [0.29, 0.717) is 0 Å². The van der Waals surface area contributed by atoms with Crippen molar-refractivity contribution in [3.8, 4) is 83.8 Å².